The molecule has 2 rings (SSSR count). The fourth-order valence-corrected chi connectivity index (χ4v) is 2.65. The summed E-state index contributed by atoms with van der Waals surface area (Å²) in [6, 6.07) is 5.76. The summed E-state index contributed by atoms with van der Waals surface area (Å²) in [6.45, 7) is 3.89. The van der Waals surface area contributed by atoms with Crippen molar-refractivity contribution in [3.05, 3.63) is 34.3 Å². The summed E-state index contributed by atoms with van der Waals surface area (Å²) in [6.07, 6.45) is 1.07. The molecule has 1 heterocycles. The number of piperidine rings is 1. The van der Waals surface area contributed by atoms with Gasteiger partial charge < -0.3 is 0 Å². The number of hydrogen-bond donors (Lipinski definition) is 1. The van der Waals surface area contributed by atoms with Crippen molar-refractivity contribution < 1.29 is 9.59 Å². The molecule has 0 spiro atoms. The Morgan fingerprint density at radius 3 is 2.72 bits per heavy atom. The maximum absolute atomic E-state index is 11.8. The van der Waals surface area contributed by atoms with E-state index in [0.29, 0.717) is 11.4 Å². The number of hydrogen-bond acceptors (Lipinski definition) is 2. The van der Waals surface area contributed by atoms with Crippen LogP contribution in [0.2, 0.25) is 5.02 Å². The normalized spacial score (nSPS) is 23.9. The van der Waals surface area contributed by atoms with Crippen LogP contribution in [0.25, 0.3) is 0 Å². The highest BCUT2D eigenvalue weighted by Gasteiger charge is 2.35. The fourth-order valence-electron chi connectivity index (χ4n) is 2.47. The number of amides is 2. The summed E-state index contributed by atoms with van der Waals surface area (Å²) in [7, 11) is 0. The standard InChI is InChI=1S/C14H16ClNO2/c1-3-10-11(7-13(17)16-14(10)18)9-5-4-8(2)12(15)6-9/h4-6,10-11H,3,7H2,1-2H3,(H,16,17,18). The fraction of sp³-hybridized carbons (Fsp3) is 0.429. The number of halogens is 1. The Hall–Kier alpha value is -1.35. The number of nitrogens with one attached hydrogen (secondary N) is 1. The van der Waals surface area contributed by atoms with Crippen molar-refractivity contribution in [3.63, 3.8) is 0 Å². The van der Waals surface area contributed by atoms with E-state index in [1.165, 1.54) is 0 Å². The van der Waals surface area contributed by atoms with Crippen molar-refractivity contribution in [1.29, 1.82) is 0 Å². The summed E-state index contributed by atoms with van der Waals surface area (Å²) in [4.78, 5) is 23.3. The molecule has 2 amide bonds. The van der Waals surface area contributed by atoms with Crippen molar-refractivity contribution >= 4 is 23.4 Å². The first kappa shape index (κ1) is 13.1. The molecule has 18 heavy (non-hydrogen) atoms. The van der Waals surface area contributed by atoms with Crippen LogP contribution in [-0.2, 0) is 9.59 Å². The lowest BCUT2D eigenvalue weighted by Gasteiger charge is -2.29. The van der Waals surface area contributed by atoms with Gasteiger partial charge in [0.25, 0.3) is 0 Å². The maximum Gasteiger partial charge on any atom is 0.230 e. The molecule has 0 radical (unpaired) electrons. The van der Waals surface area contributed by atoms with E-state index < -0.39 is 0 Å². The molecule has 0 aromatic heterocycles. The predicted molar refractivity (Wildman–Crippen MR) is 70.5 cm³/mol. The predicted octanol–water partition coefficient (Wildman–Crippen LogP) is 2.80. The van der Waals surface area contributed by atoms with E-state index >= 15 is 0 Å². The van der Waals surface area contributed by atoms with Crippen molar-refractivity contribution in [1.82, 2.24) is 5.32 Å². The van der Waals surface area contributed by atoms with Crippen molar-refractivity contribution in [2.45, 2.75) is 32.6 Å². The van der Waals surface area contributed by atoms with Crippen molar-refractivity contribution in [2.75, 3.05) is 0 Å². The van der Waals surface area contributed by atoms with Crippen LogP contribution in [0, 0.1) is 12.8 Å². The zero-order valence-corrected chi connectivity index (χ0v) is 11.3. The molecule has 1 aromatic carbocycles. The molecular formula is C14H16ClNO2. The van der Waals surface area contributed by atoms with E-state index in [0.717, 1.165) is 17.5 Å². The third kappa shape index (κ3) is 2.41. The third-order valence-corrected chi connectivity index (χ3v) is 3.96. The van der Waals surface area contributed by atoms with Crippen molar-refractivity contribution in [3.8, 4) is 0 Å². The van der Waals surface area contributed by atoms with E-state index in [-0.39, 0.29) is 23.7 Å². The van der Waals surface area contributed by atoms with Gasteiger partial charge in [0.05, 0.1) is 0 Å². The highest BCUT2D eigenvalue weighted by atomic mass is 35.5. The highest BCUT2D eigenvalue weighted by molar-refractivity contribution is 6.31. The zero-order chi connectivity index (χ0) is 13.3. The van der Waals surface area contributed by atoms with Gasteiger partial charge in [0, 0.05) is 23.3 Å². The molecule has 1 aliphatic heterocycles. The van der Waals surface area contributed by atoms with Crippen LogP contribution in [0.15, 0.2) is 18.2 Å². The van der Waals surface area contributed by atoms with E-state index in [2.05, 4.69) is 5.32 Å². The van der Waals surface area contributed by atoms with Gasteiger partial charge in [-0.3, -0.25) is 14.9 Å². The van der Waals surface area contributed by atoms with Gasteiger partial charge in [0.15, 0.2) is 0 Å². The summed E-state index contributed by atoms with van der Waals surface area (Å²) in [5, 5.41) is 3.08. The lowest BCUT2D eigenvalue weighted by Crippen LogP contribution is -2.44. The second kappa shape index (κ2) is 5.11. The molecule has 0 saturated carbocycles. The summed E-state index contributed by atoms with van der Waals surface area (Å²) < 4.78 is 0. The van der Waals surface area contributed by atoms with Gasteiger partial charge in [-0.2, -0.15) is 0 Å². The minimum Gasteiger partial charge on any atom is -0.296 e. The lowest BCUT2D eigenvalue weighted by molar-refractivity contribution is -0.137. The Balaban J connectivity index is 2.36. The van der Waals surface area contributed by atoms with Crippen LogP contribution in [0.3, 0.4) is 0 Å². The van der Waals surface area contributed by atoms with Crippen LogP contribution >= 0.6 is 11.6 Å². The van der Waals surface area contributed by atoms with E-state index in [1.807, 2.05) is 32.0 Å². The molecule has 4 heteroatoms. The molecule has 1 aliphatic rings. The maximum atomic E-state index is 11.8. The number of benzene rings is 1. The van der Waals surface area contributed by atoms with Crippen LogP contribution in [0.4, 0.5) is 0 Å². The molecule has 3 nitrogen and oxygen atoms in total. The van der Waals surface area contributed by atoms with Gasteiger partial charge in [0.1, 0.15) is 0 Å². The Kier molecular flexibility index (Phi) is 3.71. The minimum atomic E-state index is -0.202. The first-order valence-electron chi connectivity index (χ1n) is 6.12. The smallest absolute Gasteiger partial charge is 0.230 e. The van der Waals surface area contributed by atoms with Crippen LogP contribution in [0.1, 0.15) is 36.8 Å². The van der Waals surface area contributed by atoms with Gasteiger partial charge in [0.2, 0.25) is 11.8 Å². The number of carbonyl (C=O) groups is 2. The molecule has 2 unspecified atom stereocenters. The molecule has 1 aromatic rings. The molecule has 96 valence electrons. The summed E-state index contributed by atoms with van der Waals surface area (Å²) in [5.41, 5.74) is 1.97. The van der Waals surface area contributed by atoms with Crippen molar-refractivity contribution in [2.24, 2.45) is 5.92 Å². The number of carbonyl (C=O) groups excluding carboxylic acids is 2. The van der Waals surface area contributed by atoms with Crippen LogP contribution in [-0.4, -0.2) is 11.8 Å². The molecule has 0 bridgehead atoms. The molecule has 2 atom stereocenters. The largest absolute Gasteiger partial charge is 0.296 e. The van der Waals surface area contributed by atoms with Gasteiger partial charge >= 0.3 is 0 Å². The van der Waals surface area contributed by atoms with E-state index in [1.54, 1.807) is 0 Å². The molecule has 1 saturated heterocycles. The summed E-state index contributed by atoms with van der Waals surface area (Å²) in [5.74, 6) is -0.585. The van der Waals surface area contributed by atoms with Gasteiger partial charge in [-0.1, -0.05) is 30.7 Å². The van der Waals surface area contributed by atoms with Crippen LogP contribution < -0.4 is 5.32 Å². The first-order valence-corrected chi connectivity index (χ1v) is 6.50. The Bertz CT molecular complexity index is 499. The molecule has 0 aliphatic carbocycles. The van der Waals surface area contributed by atoms with Crippen LogP contribution in [0.5, 0.6) is 0 Å². The Labute approximate surface area is 112 Å². The minimum absolute atomic E-state index is 0.0608. The first-order chi connectivity index (χ1) is 8.52. The number of rotatable bonds is 2. The monoisotopic (exact) mass is 265 g/mol. The molecule has 1 N–H and O–H groups in total. The zero-order valence-electron chi connectivity index (χ0n) is 10.5. The lowest BCUT2D eigenvalue weighted by atomic mass is 9.79. The average molecular weight is 266 g/mol. The quantitative estimate of drug-likeness (QED) is 0.836. The second-order valence-corrected chi connectivity index (χ2v) is 5.15. The van der Waals surface area contributed by atoms with Gasteiger partial charge in [-0.05, 0) is 30.5 Å². The molecular weight excluding hydrogens is 250 g/mol. The SMILES string of the molecule is CCC1C(=O)NC(=O)CC1c1ccc(C)c(Cl)c1. The van der Waals surface area contributed by atoms with Gasteiger partial charge in [-0.25, -0.2) is 0 Å². The highest BCUT2D eigenvalue weighted by Crippen LogP contribution is 2.35. The van der Waals surface area contributed by atoms with E-state index in [4.69, 9.17) is 11.6 Å². The second-order valence-electron chi connectivity index (χ2n) is 4.75. The third-order valence-electron chi connectivity index (χ3n) is 3.55. The topological polar surface area (TPSA) is 46.2 Å². The molecule has 1 fully saturated rings. The van der Waals surface area contributed by atoms with E-state index in [9.17, 15) is 9.59 Å². The average Bonchev–Trinajstić information content (AvgIpc) is 2.32. The summed E-state index contributed by atoms with van der Waals surface area (Å²) >= 11 is 6.11. The number of aryl methyl sites for hydroxylation is 1. The Morgan fingerprint density at radius 2 is 2.11 bits per heavy atom. The Morgan fingerprint density at radius 1 is 1.39 bits per heavy atom. The van der Waals surface area contributed by atoms with Gasteiger partial charge in [-0.15, -0.1) is 0 Å². The number of imide groups is 1.